The van der Waals surface area contributed by atoms with E-state index in [4.69, 9.17) is 0 Å². The summed E-state index contributed by atoms with van der Waals surface area (Å²) in [5.41, 5.74) is 0.249. The van der Waals surface area contributed by atoms with E-state index in [2.05, 4.69) is 39.6 Å². The minimum atomic E-state index is -0.527. The molecule has 0 bridgehead atoms. The first-order valence-corrected chi connectivity index (χ1v) is 13.2. The summed E-state index contributed by atoms with van der Waals surface area (Å²) in [4.78, 5) is 39.4. The Labute approximate surface area is 196 Å². The lowest BCUT2D eigenvalue weighted by Gasteiger charge is -2.50. The maximum Gasteiger partial charge on any atom is 0.329 e. The van der Waals surface area contributed by atoms with Crippen LogP contribution in [-0.4, -0.2) is 52.3 Å². The van der Waals surface area contributed by atoms with E-state index in [0.717, 1.165) is 31.1 Å². The second kappa shape index (κ2) is 11.9. The van der Waals surface area contributed by atoms with Crippen LogP contribution in [0.15, 0.2) is 0 Å². The number of amides is 3. The average molecular weight is 450 g/mol. The van der Waals surface area contributed by atoms with E-state index in [1.807, 2.05) is 0 Å². The molecular formula is C27H49N2O3+. The fourth-order valence-corrected chi connectivity index (χ4v) is 6.30. The SMILES string of the molecule is CCCCCCC(CCCCC[N+]1(C(C)=O)C(=O)CCC1=O)C1CC(C)N(C)C(C)(C)C1. The molecule has 2 fully saturated rings. The molecule has 5 nitrogen and oxygen atoms in total. The molecule has 0 spiro atoms. The quantitative estimate of drug-likeness (QED) is 0.213. The van der Waals surface area contributed by atoms with Crippen LogP contribution in [0.4, 0.5) is 0 Å². The smallest absolute Gasteiger partial charge is 0.299 e. The number of unbranched alkanes of at least 4 members (excludes halogenated alkanes) is 5. The molecule has 2 aliphatic heterocycles. The van der Waals surface area contributed by atoms with E-state index in [-0.39, 0.29) is 36.1 Å². The van der Waals surface area contributed by atoms with Crippen LogP contribution in [0.3, 0.4) is 0 Å². The number of imide groups is 3. The molecule has 184 valence electrons. The van der Waals surface area contributed by atoms with E-state index in [1.54, 1.807) is 0 Å². The third-order valence-electron chi connectivity index (χ3n) is 8.63. The van der Waals surface area contributed by atoms with Gasteiger partial charge in [-0.2, -0.15) is 0 Å². The predicted octanol–water partition coefficient (Wildman–Crippen LogP) is 5.85. The highest BCUT2D eigenvalue weighted by molar-refractivity contribution is 6.02. The van der Waals surface area contributed by atoms with Gasteiger partial charge in [-0.15, -0.1) is 4.48 Å². The second-order valence-corrected chi connectivity index (χ2v) is 11.3. The molecule has 0 saturated carbocycles. The van der Waals surface area contributed by atoms with Gasteiger partial charge in [-0.3, -0.25) is 4.90 Å². The van der Waals surface area contributed by atoms with Crippen molar-refractivity contribution in [3.05, 3.63) is 0 Å². The van der Waals surface area contributed by atoms with Crippen molar-refractivity contribution >= 4 is 17.7 Å². The van der Waals surface area contributed by atoms with E-state index in [9.17, 15) is 14.4 Å². The lowest BCUT2D eigenvalue weighted by atomic mass is 9.71. The number of piperidine rings is 1. The Hall–Kier alpha value is -1.07. The Kier molecular flexibility index (Phi) is 10.1. The van der Waals surface area contributed by atoms with Gasteiger partial charge in [0, 0.05) is 11.6 Å². The van der Waals surface area contributed by atoms with E-state index in [1.165, 1.54) is 58.3 Å². The number of quaternary nitrogens is 1. The minimum Gasteiger partial charge on any atom is -0.299 e. The number of hydrogen-bond acceptors (Lipinski definition) is 4. The fourth-order valence-electron chi connectivity index (χ4n) is 6.30. The molecule has 2 rings (SSSR count). The van der Waals surface area contributed by atoms with Crippen molar-refractivity contribution < 1.29 is 18.9 Å². The first-order valence-electron chi connectivity index (χ1n) is 13.2. The van der Waals surface area contributed by atoms with Gasteiger partial charge in [0.25, 0.3) is 0 Å². The molecule has 3 amide bonds. The normalized spacial score (nSPS) is 26.4. The van der Waals surface area contributed by atoms with Crippen molar-refractivity contribution in [2.24, 2.45) is 11.8 Å². The van der Waals surface area contributed by atoms with Gasteiger partial charge in [-0.05, 0) is 65.3 Å². The molecule has 0 aromatic heterocycles. The molecule has 5 heteroatoms. The number of hydrogen-bond donors (Lipinski definition) is 0. The minimum absolute atomic E-state index is 0.196. The van der Waals surface area contributed by atoms with Crippen LogP contribution < -0.4 is 0 Å². The average Bonchev–Trinajstić information content (AvgIpc) is 3.02. The third kappa shape index (κ3) is 6.28. The zero-order valence-corrected chi connectivity index (χ0v) is 21.8. The molecule has 0 radical (unpaired) electrons. The summed E-state index contributed by atoms with van der Waals surface area (Å²) in [5.74, 6) is 0.843. The number of likely N-dealkylation sites (tertiary alicyclic amines) is 2. The number of carbonyl (C=O) groups is 3. The van der Waals surface area contributed by atoms with Crippen LogP contribution in [0.25, 0.3) is 0 Å². The molecule has 2 heterocycles. The Morgan fingerprint density at radius 2 is 1.59 bits per heavy atom. The third-order valence-corrected chi connectivity index (χ3v) is 8.63. The molecule has 3 atom stereocenters. The predicted molar refractivity (Wildman–Crippen MR) is 130 cm³/mol. The van der Waals surface area contributed by atoms with Crippen LogP contribution in [0.1, 0.15) is 118 Å². The maximum absolute atomic E-state index is 12.3. The van der Waals surface area contributed by atoms with Crippen molar-refractivity contribution in [2.45, 2.75) is 130 Å². The van der Waals surface area contributed by atoms with E-state index in [0.29, 0.717) is 12.6 Å². The number of nitrogens with zero attached hydrogens (tertiary/aromatic N) is 2. The molecular weight excluding hydrogens is 400 g/mol. The monoisotopic (exact) mass is 449 g/mol. The van der Waals surface area contributed by atoms with E-state index >= 15 is 0 Å². The topological polar surface area (TPSA) is 54.5 Å². The molecule has 0 aromatic carbocycles. The van der Waals surface area contributed by atoms with Crippen LogP contribution in [0.5, 0.6) is 0 Å². The fraction of sp³-hybridized carbons (Fsp3) is 0.889. The molecule has 32 heavy (non-hydrogen) atoms. The highest BCUT2D eigenvalue weighted by Crippen LogP contribution is 2.41. The van der Waals surface area contributed by atoms with Gasteiger partial charge in [0.05, 0.1) is 19.8 Å². The van der Waals surface area contributed by atoms with Crippen molar-refractivity contribution in [3.8, 4) is 0 Å². The maximum atomic E-state index is 12.3. The van der Waals surface area contributed by atoms with Gasteiger partial charge in [0.1, 0.15) is 6.54 Å². The van der Waals surface area contributed by atoms with Gasteiger partial charge < -0.3 is 0 Å². The lowest BCUT2D eigenvalue weighted by Crippen LogP contribution is -2.56. The van der Waals surface area contributed by atoms with Crippen molar-refractivity contribution in [1.82, 2.24) is 4.90 Å². The molecule has 3 unspecified atom stereocenters. The van der Waals surface area contributed by atoms with Crippen LogP contribution in [0.2, 0.25) is 0 Å². The van der Waals surface area contributed by atoms with Gasteiger partial charge in [0.15, 0.2) is 0 Å². The van der Waals surface area contributed by atoms with Crippen molar-refractivity contribution in [3.63, 3.8) is 0 Å². The van der Waals surface area contributed by atoms with Gasteiger partial charge in [-0.25, -0.2) is 14.4 Å². The van der Waals surface area contributed by atoms with Crippen LogP contribution in [0, 0.1) is 11.8 Å². The first kappa shape index (κ1) is 27.2. The summed E-state index contributed by atoms with van der Waals surface area (Å²) < 4.78 is -0.527. The van der Waals surface area contributed by atoms with E-state index < -0.39 is 4.48 Å². The molecule has 2 saturated heterocycles. The Bertz CT molecular complexity index is 641. The summed E-state index contributed by atoms with van der Waals surface area (Å²) in [5, 5.41) is 0. The van der Waals surface area contributed by atoms with Crippen molar-refractivity contribution in [2.75, 3.05) is 13.6 Å². The number of rotatable bonds is 12. The highest BCUT2D eigenvalue weighted by Gasteiger charge is 2.53. The standard InChI is InChI=1S/C27H49N2O3/c1-7-8-9-11-14-23(24-19-21(2)28(6)27(4,5)20-24)15-12-10-13-18-29(22(3)30)25(31)16-17-26(29)32/h21,23-24H,7-20H2,1-6H3/q+1. The first-order chi connectivity index (χ1) is 15.1. The summed E-state index contributed by atoms with van der Waals surface area (Å²) in [6.45, 7) is 11.2. The molecule has 2 aliphatic rings. The zero-order chi connectivity index (χ0) is 23.9. The van der Waals surface area contributed by atoms with Gasteiger partial charge in [-0.1, -0.05) is 51.9 Å². The second-order valence-electron chi connectivity index (χ2n) is 11.3. The summed E-state index contributed by atoms with van der Waals surface area (Å²) >= 11 is 0. The van der Waals surface area contributed by atoms with Gasteiger partial charge in [0.2, 0.25) is 0 Å². The Morgan fingerprint density at radius 1 is 1.03 bits per heavy atom. The summed E-state index contributed by atoms with van der Waals surface area (Å²) in [6.07, 6.45) is 13.7. The van der Waals surface area contributed by atoms with Crippen LogP contribution >= 0.6 is 0 Å². The van der Waals surface area contributed by atoms with Gasteiger partial charge >= 0.3 is 17.7 Å². The van der Waals surface area contributed by atoms with Crippen LogP contribution in [-0.2, 0) is 14.4 Å². The largest absolute Gasteiger partial charge is 0.329 e. The Morgan fingerprint density at radius 3 is 2.09 bits per heavy atom. The summed E-state index contributed by atoms with van der Waals surface area (Å²) in [7, 11) is 2.27. The molecule has 0 N–H and O–H groups in total. The lowest BCUT2D eigenvalue weighted by molar-refractivity contribution is -0.696. The summed E-state index contributed by atoms with van der Waals surface area (Å²) in [6, 6.07) is 0.619. The number of carbonyl (C=O) groups excluding carboxylic acids is 3. The zero-order valence-electron chi connectivity index (χ0n) is 21.8. The highest BCUT2D eigenvalue weighted by atomic mass is 16.2. The Balaban J connectivity index is 1.91. The molecule has 0 aliphatic carbocycles. The van der Waals surface area contributed by atoms with Crippen molar-refractivity contribution in [1.29, 1.82) is 0 Å². The molecule has 0 aromatic rings.